The Hall–Kier alpha value is -5.53. The first-order valence-corrected chi connectivity index (χ1v) is 15.9. The van der Waals surface area contributed by atoms with E-state index in [9.17, 15) is 9.59 Å². The van der Waals surface area contributed by atoms with E-state index in [4.69, 9.17) is 19.7 Å². The lowest BCUT2D eigenvalue weighted by molar-refractivity contribution is 0.0783. The summed E-state index contributed by atoms with van der Waals surface area (Å²) >= 11 is 0. The number of likely N-dealkylation sites (N-methyl/N-ethyl adjacent to an activating group) is 1. The number of anilines is 3. The van der Waals surface area contributed by atoms with Crippen molar-refractivity contribution in [2.24, 2.45) is 0 Å². The number of rotatable bonds is 7. The van der Waals surface area contributed by atoms with E-state index in [-0.39, 0.29) is 5.91 Å². The quantitative estimate of drug-likeness (QED) is 0.262. The Balaban J connectivity index is 1.05. The van der Waals surface area contributed by atoms with Gasteiger partial charge < -0.3 is 30.1 Å². The van der Waals surface area contributed by atoms with Crippen molar-refractivity contribution in [3.05, 3.63) is 85.1 Å². The number of hydrogen-bond acceptors (Lipinski definition) is 10. The fourth-order valence-corrected chi connectivity index (χ4v) is 5.96. The first-order valence-electron chi connectivity index (χ1n) is 15.9. The number of benzene rings is 2. The Morgan fingerprint density at radius 3 is 2.19 bits per heavy atom. The Morgan fingerprint density at radius 2 is 1.52 bits per heavy atom. The number of ether oxygens (including phenoxy) is 1. The van der Waals surface area contributed by atoms with Crippen LogP contribution in [-0.2, 0) is 4.74 Å². The fraction of sp³-hybridized carbons (Fsp3) is 0.286. The molecule has 0 unspecified atom stereocenters. The predicted octanol–water partition coefficient (Wildman–Crippen LogP) is 4.41. The average Bonchev–Trinajstić information content (AvgIpc) is 3.63. The van der Waals surface area contributed by atoms with Crippen molar-refractivity contribution in [2.45, 2.75) is 12.5 Å². The number of nitrogens with zero attached hydrogens (tertiary/aromatic N) is 8. The van der Waals surface area contributed by atoms with Gasteiger partial charge in [-0.2, -0.15) is 0 Å². The molecular weight excluding hydrogens is 608 g/mol. The molecular formula is C35H36N10O3. The molecule has 13 nitrogen and oxygen atoms in total. The average molecular weight is 645 g/mol. The zero-order valence-electron chi connectivity index (χ0n) is 26.8. The lowest BCUT2D eigenvalue weighted by Crippen LogP contribution is -2.37. The van der Waals surface area contributed by atoms with Gasteiger partial charge in [0.1, 0.15) is 11.8 Å². The zero-order chi connectivity index (χ0) is 33.0. The first kappa shape index (κ1) is 31.1. The molecule has 0 aliphatic carbocycles. The van der Waals surface area contributed by atoms with Crippen molar-refractivity contribution in [2.75, 3.05) is 69.0 Å². The van der Waals surface area contributed by atoms with E-state index >= 15 is 0 Å². The highest BCUT2D eigenvalue weighted by Crippen LogP contribution is 2.30. The van der Waals surface area contributed by atoms with Crippen LogP contribution in [0.5, 0.6) is 0 Å². The van der Waals surface area contributed by atoms with Crippen molar-refractivity contribution in [3.8, 4) is 22.5 Å². The molecule has 5 heterocycles. The molecule has 2 aromatic carbocycles. The topological polar surface area (TPSA) is 142 Å². The van der Waals surface area contributed by atoms with E-state index in [1.165, 1.54) is 6.33 Å². The molecule has 2 saturated heterocycles. The SMILES string of the molecule is CN(C)[C@@H]1CCN(C(=O)c2ccc(NC(=O)Nc3ccc(-c4nc(N5CCOCC5)c5ncc(-c6cncnc6)cc5n4)cc3)cc2)C1. The summed E-state index contributed by atoms with van der Waals surface area (Å²) in [4.78, 5) is 54.8. The summed E-state index contributed by atoms with van der Waals surface area (Å²) in [6.45, 7) is 4.09. The standard InChI is InChI=1S/C35H36N10O3/c1-43(2)29-11-12-45(21-29)34(46)24-5-9-28(10-6-24)40-35(47)39-27-7-3-23(4-8-27)32-41-30-17-25(26-18-36-22-37-19-26)20-38-31(30)33(42-32)44-13-15-48-16-14-44/h3-10,17-20,22,29H,11-16,21H2,1-2H3,(H2,39,40,47)/t29-/m1/s1. The molecule has 1 atom stereocenters. The van der Waals surface area contributed by atoms with Gasteiger partial charge in [0.15, 0.2) is 11.6 Å². The molecule has 2 aliphatic heterocycles. The summed E-state index contributed by atoms with van der Waals surface area (Å²) in [5.74, 6) is 1.30. The molecule has 0 bridgehead atoms. The number of fused-ring (bicyclic) bond motifs is 1. The number of carbonyl (C=O) groups excluding carboxylic acids is 2. The fourth-order valence-electron chi connectivity index (χ4n) is 5.96. The van der Waals surface area contributed by atoms with Crippen LogP contribution in [0.2, 0.25) is 0 Å². The zero-order valence-corrected chi connectivity index (χ0v) is 26.8. The molecule has 2 N–H and O–H groups in total. The second-order valence-corrected chi connectivity index (χ2v) is 12.1. The van der Waals surface area contributed by atoms with Crippen LogP contribution >= 0.6 is 0 Å². The number of aromatic nitrogens is 5. The molecule has 244 valence electrons. The molecule has 2 aliphatic rings. The Bertz CT molecular complexity index is 1910. The summed E-state index contributed by atoms with van der Waals surface area (Å²) in [6, 6.07) is 16.3. The summed E-state index contributed by atoms with van der Waals surface area (Å²) in [6.07, 6.45) is 7.74. The van der Waals surface area contributed by atoms with Crippen LogP contribution in [0.4, 0.5) is 22.0 Å². The Kier molecular flexibility index (Phi) is 8.86. The van der Waals surface area contributed by atoms with E-state index in [1.54, 1.807) is 42.9 Å². The van der Waals surface area contributed by atoms with E-state index in [0.717, 1.165) is 42.0 Å². The number of carbonyl (C=O) groups is 2. The van der Waals surface area contributed by atoms with Gasteiger partial charge in [-0.25, -0.2) is 24.7 Å². The number of morpholine rings is 1. The Morgan fingerprint density at radius 1 is 0.833 bits per heavy atom. The van der Waals surface area contributed by atoms with Gasteiger partial charge in [0.05, 0.1) is 18.7 Å². The molecule has 0 saturated carbocycles. The summed E-state index contributed by atoms with van der Waals surface area (Å²) < 4.78 is 5.58. The third-order valence-electron chi connectivity index (χ3n) is 8.69. The third-order valence-corrected chi connectivity index (χ3v) is 8.69. The second kappa shape index (κ2) is 13.7. The van der Waals surface area contributed by atoms with Crippen LogP contribution in [0.15, 0.2) is 79.5 Å². The van der Waals surface area contributed by atoms with Crippen molar-refractivity contribution in [3.63, 3.8) is 0 Å². The smallest absolute Gasteiger partial charge is 0.323 e. The summed E-state index contributed by atoms with van der Waals surface area (Å²) in [5, 5.41) is 5.71. The van der Waals surface area contributed by atoms with Crippen molar-refractivity contribution >= 4 is 40.2 Å². The maximum absolute atomic E-state index is 12.9. The number of likely N-dealkylation sites (tertiary alicyclic amines) is 1. The molecule has 0 radical (unpaired) electrons. The van der Waals surface area contributed by atoms with Gasteiger partial charge in [-0.05, 0) is 75.1 Å². The maximum atomic E-state index is 12.9. The van der Waals surface area contributed by atoms with Crippen LogP contribution in [-0.4, -0.2) is 106 Å². The highest BCUT2D eigenvalue weighted by Gasteiger charge is 2.28. The van der Waals surface area contributed by atoms with Crippen molar-refractivity contribution in [1.29, 1.82) is 0 Å². The lowest BCUT2D eigenvalue weighted by atomic mass is 10.1. The first-order chi connectivity index (χ1) is 23.4. The molecule has 13 heteroatoms. The monoisotopic (exact) mass is 644 g/mol. The number of urea groups is 1. The van der Waals surface area contributed by atoms with Crippen molar-refractivity contribution < 1.29 is 14.3 Å². The number of amides is 3. The lowest BCUT2D eigenvalue weighted by Gasteiger charge is -2.28. The van der Waals surface area contributed by atoms with Crippen LogP contribution in [0, 0.1) is 0 Å². The molecule has 7 rings (SSSR count). The minimum Gasteiger partial charge on any atom is -0.378 e. The van der Waals surface area contributed by atoms with Crippen LogP contribution in [0.25, 0.3) is 33.5 Å². The molecule has 5 aromatic rings. The van der Waals surface area contributed by atoms with Gasteiger partial charge in [-0.15, -0.1) is 0 Å². The largest absolute Gasteiger partial charge is 0.378 e. The van der Waals surface area contributed by atoms with E-state index in [2.05, 4.69) is 30.4 Å². The van der Waals surface area contributed by atoms with Crippen molar-refractivity contribution in [1.82, 2.24) is 34.7 Å². The highest BCUT2D eigenvalue weighted by molar-refractivity contribution is 6.00. The normalized spacial score (nSPS) is 16.4. The second-order valence-electron chi connectivity index (χ2n) is 12.1. The maximum Gasteiger partial charge on any atom is 0.323 e. The van der Waals surface area contributed by atoms with Gasteiger partial charge in [0, 0.05) is 84.4 Å². The predicted molar refractivity (Wildman–Crippen MR) is 184 cm³/mol. The summed E-state index contributed by atoms with van der Waals surface area (Å²) in [5.41, 5.74) is 5.71. The molecule has 3 amide bonds. The molecule has 2 fully saturated rings. The molecule has 48 heavy (non-hydrogen) atoms. The highest BCUT2D eigenvalue weighted by atomic mass is 16.5. The molecule has 3 aromatic heterocycles. The number of pyridine rings is 1. The van der Waals surface area contributed by atoms with Gasteiger partial charge >= 0.3 is 6.03 Å². The summed E-state index contributed by atoms with van der Waals surface area (Å²) in [7, 11) is 4.08. The van der Waals surface area contributed by atoms with Crippen LogP contribution in [0.3, 0.4) is 0 Å². The Labute approximate surface area is 278 Å². The van der Waals surface area contributed by atoms with Gasteiger partial charge in [-0.1, -0.05) is 0 Å². The third kappa shape index (κ3) is 6.77. The molecule has 0 spiro atoms. The van der Waals surface area contributed by atoms with Crippen LogP contribution < -0.4 is 15.5 Å². The van der Waals surface area contributed by atoms with Gasteiger partial charge in [0.2, 0.25) is 0 Å². The van der Waals surface area contributed by atoms with Gasteiger partial charge in [-0.3, -0.25) is 9.78 Å². The number of nitrogens with one attached hydrogen (secondary N) is 2. The minimum atomic E-state index is -0.393. The van der Waals surface area contributed by atoms with Crippen LogP contribution in [0.1, 0.15) is 16.8 Å². The number of hydrogen-bond donors (Lipinski definition) is 2. The van der Waals surface area contributed by atoms with E-state index in [0.29, 0.717) is 66.1 Å². The van der Waals surface area contributed by atoms with Gasteiger partial charge in [0.25, 0.3) is 5.91 Å². The van der Waals surface area contributed by atoms with E-state index < -0.39 is 6.03 Å². The van der Waals surface area contributed by atoms with E-state index in [1.807, 2.05) is 49.3 Å². The minimum absolute atomic E-state index is 0.00500.